The van der Waals surface area contributed by atoms with Gasteiger partial charge in [-0.3, -0.25) is 4.79 Å². The van der Waals surface area contributed by atoms with Crippen LogP contribution < -0.4 is 10.6 Å². The van der Waals surface area contributed by atoms with Gasteiger partial charge in [0.2, 0.25) is 10.0 Å². The maximum absolute atomic E-state index is 13.5. The van der Waals surface area contributed by atoms with E-state index in [0.717, 1.165) is 17.7 Å². The Kier molecular flexibility index (Phi) is 12.8. The number of sulfonamides is 1. The molecule has 0 aromatic heterocycles. The summed E-state index contributed by atoms with van der Waals surface area (Å²) in [6.07, 6.45) is -4.03. The molecule has 3 rings (SSSR count). The number of hydrogen-bond acceptors (Lipinski definition) is 5. The SMILES string of the molecule is CCCN(CCC)S(=O)(=O)c1cc(Br)cc(C(=O)N[C@@H](Cc2ccccc2)[C@H](O)CNCc2cccc(C(F)(F)F)c2)c1. The molecule has 3 aromatic rings. The quantitative estimate of drug-likeness (QED) is 0.189. The van der Waals surface area contributed by atoms with E-state index in [1.807, 2.05) is 44.2 Å². The Morgan fingerprint density at radius 3 is 2.23 bits per heavy atom. The number of halogens is 4. The number of hydrogen-bond donors (Lipinski definition) is 3. The van der Waals surface area contributed by atoms with Crippen LogP contribution in [-0.4, -0.2) is 55.5 Å². The summed E-state index contributed by atoms with van der Waals surface area (Å²) in [4.78, 5) is 13.4. The molecule has 3 aromatic carbocycles. The summed E-state index contributed by atoms with van der Waals surface area (Å²) in [7, 11) is -3.85. The second kappa shape index (κ2) is 15.8. The lowest BCUT2D eigenvalue weighted by atomic mass is 10.0. The van der Waals surface area contributed by atoms with E-state index in [1.54, 1.807) is 6.07 Å². The van der Waals surface area contributed by atoms with Crippen molar-refractivity contribution in [1.29, 1.82) is 0 Å². The van der Waals surface area contributed by atoms with Crippen molar-refractivity contribution in [2.45, 2.75) is 62.9 Å². The van der Waals surface area contributed by atoms with Gasteiger partial charge in [0.1, 0.15) is 0 Å². The smallest absolute Gasteiger partial charge is 0.390 e. The van der Waals surface area contributed by atoms with Crippen molar-refractivity contribution in [2.75, 3.05) is 19.6 Å². The summed E-state index contributed by atoms with van der Waals surface area (Å²) in [6, 6.07) is 17.6. The fourth-order valence-corrected chi connectivity index (χ4v) is 6.95. The van der Waals surface area contributed by atoms with E-state index >= 15 is 0 Å². The van der Waals surface area contributed by atoms with Gasteiger partial charge in [0, 0.05) is 36.2 Å². The molecule has 0 saturated heterocycles. The number of rotatable bonds is 15. The molecule has 3 N–H and O–H groups in total. The van der Waals surface area contributed by atoms with Crippen molar-refractivity contribution in [2.24, 2.45) is 0 Å². The summed E-state index contributed by atoms with van der Waals surface area (Å²) in [5.41, 5.74) is 0.582. The third kappa shape index (κ3) is 10.1. The zero-order valence-electron chi connectivity index (χ0n) is 24.1. The van der Waals surface area contributed by atoms with Gasteiger partial charge in [0.25, 0.3) is 5.91 Å². The molecule has 0 saturated carbocycles. The van der Waals surface area contributed by atoms with Crippen LogP contribution in [0.2, 0.25) is 0 Å². The molecular weight excluding hydrogens is 647 g/mol. The van der Waals surface area contributed by atoms with E-state index < -0.39 is 39.8 Å². The fourth-order valence-electron chi connectivity index (χ4n) is 4.61. The van der Waals surface area contributed by atoms with Crippen molar-refractivity contribution in [3.8, 4) is 0 Å². The highest BCUT2D eigenvalue weighted by Gasteiger charge is 2.30. The molecule has 0 aliphatic carbocycles. The molecule has 0 heterocycles. The third-order valence-electron chi connectivity index (χ3n) is 6.73. The Morgan fingerprint density at radius 2 is 1.60 bits per heavy atom. The standard InChI is InChI=1S/C31H37BrF3N3O4S/c1-3-13-38(14-4-2)43(41,42)27-18-24(17-26(32)19-27)30(40)37-28(16-22-9-6-5-7-10-22)29(39)21-36-20-23-11-8-12-25(15-23)31(33,34)35/h5-12,15,17-19,28-29,36,39H,3-4,13-14,16,20-21H2,1-2H3,(H,37,40)/t28-,29+/m0/s1. The Hall–Kier alpha value is -2.77. The monoisotopic (exact) mass is 683 g/mol. The first-order valence-electron chi connectivity index (χ1n) is 14.1. The molecule has 7 nitrogen and oxygen atoms in total. The minimum atomic E-state index is -4.46. The molecule has 43 heavy (non-hydrogen) atoms. The number of aliphatic hydroxyl groups is 1. The van der Waals surface area contributed by atoms with Crippen LogP contribution in [-0.2, 0) is 29.2 Å². The predicted octanol–water partition coefficient (Wildman–Crippen LogP) is 5.77. The van der Waals surface area contributed by atoms with Crippen LogP contribution >= 0.6 is 15.9 Å². The molecule has 2 atom stereocenters. The molecule has 0 spiro atoms. The largest absolute Gasteiger partial charge is 0.416 e. The van der Waals surface area contributed by atoms with Crippen LogP contribution in [0.15, 0.2) is 82.2 Å². The van der Waals surface area contributed by atoms with Gasteiger partial charge in [-0.1, -0.05) is 78.3 Å². The summed E-state index contributed by atoms with van der Waals surface area (Å²) in [6.45, 7) is 4.54. The van der Waals surface area contributed by atoms with Crippen LogP contribution in [0.1, 0.15) is 53.7 Å². The molecular formula is C31H37BrF3N3O4S. The van der Waals surface area contributed by atoms with E-state index in [1.165, 1.54) is 28.6 Å². The highest BCUT2D eigenvalue weighted by molar-refractivity contribution is 9.10. The van der Waals surface area contributed by atoms with Gasteiger partial charge in [0.05, 0.1) is 22.6 Å². The molecule has 0 aliphatic heterocycles. The average molecular weight is 685 g/mol. The molecule has 1 amide bonds. The zero-order chi connectivity index (χ0) is 31.6. The molecule has 0 fully saturated rings. The van der Waals surface area contributed by atoms with Crippen LogP contribution in [0.25, 0.3) is 0 Å². The van der Waals surface area contributed by atoms with Gasteiger partial charge in [-0.25, -0.2) is 8.42 Å². The second-order valence-electron chi connectivity index (χ2n) is 10.2. The maximum Gasteiger partial charge on any atom is 0.416 e. The second-order valence-corrected chi connectivity index (χ2v) is 13.1. The maximum atomic E-state index is 13.5. The Labute approximate surface area is 259 Å². The number of alkyl halides is 3. The topological polar surface area (TPSA) is 98.7 Å². The molecule has 12 heteroatoms. The normalized spacial score (nSPS) is 13.6. The Balaban J connectivity index is 1.79. The highest BCUT2D eigenvalue weighted by Crippen LogP contribution is 2.29. The van der Waals surface area contributed by atoms with Crippen molar-refractivity contribution in [3.05, 3.63) is 99.5 Å². The average Bonchev–Trinajstić information content (AvgIpc) is 2.96. The summed E-state index contributed by atoms with van der Waals surface area (Å²) < 4.78 is 67.8. The van der Waals surface area contributed by atoms with Gasteiger partial charge >= 0.3 is 6.18 Å². The van der Waals surface area contributed by atoms with Crippen LogP contribution in [0.5, 0.6) is 0 Å². The molecule has 0 aliphatic rings. The first kappa shape index (κ1) is 34.7. The Bertz CT molecular complexity index is 1450. The minimum Gasteiger partial charge on any atom is -0.390 e. The predicted molar refractivity (Wildman–Crippen MR) is 164 cm³/mol. The molecule has 0 bridgehead atoms. The van der Waals surface area contributed by atoms with Crippen molar-refractivity contribution < 1.29 is 31.5 Å². The zero-order valence-corrected chi connectivity index (χ0v) is 26.5. The molecule has 234 valence electrons. The summed E-state index contributed by atoms with van der Waals surface area (Å²) in [5.74, 6) is -0.576. The van der Waals surface area contributed by atoms with E-state index in [4.69, 9.17) is 0 Å². The number of aliphatic hydroxyl groups excluding tert-OH is 1. The number of amides is 1. The van der Waals surface area contributed by atoms with Crippen molar-refractivity contribution in [1.82, 2.24) is 14.9 Å². The van der Waals surface area contributed by atoms with Gasteiger partial charge in [-0.05, 0) is 54.7 Å². The van der Waals surface area contributed by atoms with Gasteiger partial charge in [-0.15, -0.1) is 0 Å². The molecule has 0 radical (unpaired) electrons. The van der Waals surface area contributed by atoms with Gasteiger partial charge < -0.3 is 15.7 Å². The number of nitrogens with zero attached hydrogens (tertiary/aromatic N) is 1. The number of carbonyl (C=O) groups excluding carboxylic acids is 1. The van der Waals surface area contributed by atoms with Crippen LogP contribution in [0.3, 0.4) is 0 Å². The first-order valence-corrected chi connectivity index (χ1v) is 16.3. The first-order chi connectivity index (χ1) is 20.3. The van der Waals surface area contributed by atoms with E-state index in [2.05, 4.69) is 26.6 Å². The fraction of sp³-hybridized carbons (Fsp3) is 0.387. The summed E-state index contributed by atoms with van der Waals surface area (Å²) in [5, 5.41) is 16.9. The van der Waals surface area contributed by atoms with Crippen LogP contribution in [0, 0.1) is 0 Å². The van der Waals surface area contributed by atoms with Crippen LogP contribution in [0.4, 0.5) is 13.2 Å². The van der Waals surface area contributed by atoms with E-state index in [-0.39, 0.29) is 30.0 Å². The van der Waals surface area contributed by atoms with Crippen molar-refractivity contribution in [3.63, 3.8) is 0 Å². The molecule has 0 unspecified atom stereocenters. The number of benzene rings is 3. The number of carbonyl (C=O) groups is 1. The van der Waals surface area contributed by atoms with E-state index in [0.29, 0.717) is 36.0 Å². The highest BCUT2D eigenvalue weighted by atomic mass is 79.9. The lowest BCUT2D eigenvalue weighted by Crippen LogP contribution is -2.48. The number of nitrogens with one attached hydrogen (secondary N) is 2. The van der Waals surface area contributed by atoms with Gasteiger partial charge in [0.15, 0.2) is 0 Å². The summed E-state index contributed by atoms with van der Waals surface area (Å²) >= 11 is 3.33. The third-order valence-corrected chi connectivity index (χ3v) is 9.07. The Morgan fingerprint density at radius 1 is 0.953 bits per heavy atom. The minimum absolute atomic E-state index is 0.0168. The lowest BCUT2D eigenvalue weighted by Gasteiger charge is -2.25. The van der Waals surface area contributed by atoms with Crippen molar-refractivity contribution >= 4 is 31.9 Å². The van der Waals surface area contributed by atoms with E-state index in [9.17, 15) is 31.5 Å². The lowest BCUT2D eigenvalue weighted by molar-refractivity contribution is -0.137. The van der Waals surface area contributed by atoms with Gasteiger partial charge in [-0.2, -0.15) is 17.5 Å².